The third-order valence-electron chi connectivity index (χ3n) is 3.90. The molecule has 0 aliphatic heterocycles. The van der Waals surface area contributed by atoms with Crippen molar-refractivity contribution in [1.29, 1.82) is 0 Å². The Kier molecular flexibility index (Phi) is 8.39. The molecule has 1 aromatic rings. The van der Waals surface area contributed by atoms with E-state index in [9.17, 15) is 4.79 Å². The maximum atomic E-state index is 12.5. The minimum absolute atomic E-state index is 0. The molecule has 0 radical (unpaired) electrons. The smallest absolute Gasteiger partial charge is 0.410 e. The van der Waals surface area contributed by atoms with Crippen molar-refractivity contribution >= 4 is 22.0 Å². The fourth-order valence-electron chi connectivity index (χ4n) is 2.95. The molecule has 130 valence electrons. The molecule has 0 N–H and O–H groups in total. The van der Waals surface area contributed by atoms with Gasteiger partial charge >= 0.3 is 6.09 Å². The van der Waals surface area contributed by atoms with Gasteiger partial charge in [0.15, 0.2) is 0 Å². The van der Waals surface area contributed by atoms with Crippen LogP contribution >= 0.6 is 15.9 Å². The molecule has 0 aromatic heterocycles. The van der Waals surface area contributed by atoms with Crippen molar-refractivity contribution in [3.63, 3.8) is 0 Å². The number of fused-ring (bicyclic) bond motifs is 1. The maximum absolute atomic E-state index is 12.5. The fourth-order valence-corrected chi connectivity index (χ4v) is 3.36. The first-order chi connectivity index (χ1) is 10.3. The SMILES string of the molecule is CCCN(C(=O)OC(C)(C)C)[C@@H]1CCc2cc(Br)ccc2C1.[Ar]. The number of amides is 1. The number of ether oxygens (including phenoxy) is 1. The molecule has 1 aliphatic carbocycles. The Morgan fingerprint density at radius 2 is 2.04 bits per heavy atom. The van der Waals surface area contributed by atoms with Gasteiger partial charge in [-0.3, -0.25) is 0 Å². The summed E-state index contributed by atoms with van der Waals surface area (Å²) < 4.78 is 6.72. The van der Waals surface area contributed by atoms with Crippen LogP contribution in [0.3, 0.4) is 0 Å². The Labute approximate surface area is 178 Å². The summed E-state index contributed by atoms with van der Waals surface area (Å²) in [4.78, 5) is 14.4. The first-order valence-electron chi connectivity index (χ1n) is 8.07. The molecule has 0 spiro atoms. The van der Waals surface area contributed by atoms with Crippen molar-refractivity contribution < 1.29 is 47.3 Å². The molecule has 1 amide bonds. The molecule has 23 heavy (non-hydrogen) atoms. The van der Waals surface area contributed by atoms with Crippen LogP contribution in [0.4, 0.5) is 4.79 Å². The summed E-state index contributed by atoms with van der Waals surface area (Å²) >= 11 is 3.53. The van der Waals surface area contributed by atoms with Crippen LogP contribution < -0.4 is 0 Å². The summed E-state index contributed by atoms with van der Waals surface area (Å²) in [6, 6.07) is 6.69. The van der Waals surface area contributed by atoms with Crippen LogP contribution in [0.15, 0.2) is 22.7 Å². The molecule has 5 heteroatoms. The van der Waals surface area contributed by atoms with Crippen LogP contribution in [0.1, 0.15) is 51.7 Å². The van der Waals surface area contributed by atoms with E-state index >= 15 is 0 Å². The van der Waals surface area contributed by atoms with Gasteiger partial charge in [0.2, 0.25) is 0 Å². The Balaban J connectivity index is 0.00000264. The van der Waals surface area contributed by atoms with Crippen molar-refractivity contribution in [2.75, 3.05) is 6.54 Å². The number of carbonyl (C=O) groups excluding carboxylic acids is 1. The predicted molar refractivity (Wildman–Crippen MR) is 93.2 cm³/mol. The average Bonchev–Trinajstić information content (AvgIpc) is 2.42. The van der Waals surface area contributed by atoms with Gasteiger partial charge in [-0.15, -0.1) is 0 Å². The first-order valence-corrected chi connectivity index (χ1v) is 8.86. The fraction of sp³-hybridized carbons (Fsp3) is 0.611. The standard InChI is InChI=1S/C18H26BrNO2.Ar/c1-5-10-20(17(21)22-18(2,3)4)16-9-7-13-11-15(19)8-6-14(13)12-16;/h6,8,11,16H,5,7,9-10,12H2,1-4H3;/t16-;/m1./s1. The molecule has 0 heterocycles. The van der Waals surface area contributed by atoms with Gasteiger partial charge in [-0.25, -0.2) is 4.79 Å². The predicted octanol–water partition coefficient (Wildman–Crippen LogP) is 4.95. The number of hydrogen-bond donors (Lipinski definition) is 0. The van der Waals surface area contributed by atoms with E-state index in [0.717, 1.165) is 36.7 Å². The van der Waals surface area contributed by atoms with Crippen LogP contribution in [0.5, 0.6) is 0 Å². The summed E-state index contributed by atoms with van der Waals surface area (Å²) in [5.74, 6) is 0. The van der Waals surface area contributed by atoms with Crippen LogP contribution in [0.2, 0.25) is 0 Å². The first kappa shape index (κ1) is 21.3. The summed E-state index contributed by atoms with van der Waals surface area (Å²) in [6.07, 6.45) is 3.70. The van der Waals surface area contributed by atoms with E-state index in [1.807, 2.05) is 25.7 Å². The van der Waals surface area contributed by atoms with Crippen LogP contribution in [0.25, 0.3) is 0 Å². The van der Waals surface area contributed by atoms with E-state index in [1.165, 1.54) is 11.1 Å². The third kappa shape index (κ3) is 6.22. The second-order valence-electron chi connectivity index (χ2n) is 6.98. The molecule has 0 saturated heterocycles. The number of rotatable bonds is 3. The van der Waals surface area contributed by atoms with Gasteiger partial charge in [-0.2, -0.15) is 0 Å². The quantitative estimate of drug-likeness (QED) is 0.708. The number of nitrogens with zero attached hydrogens (tertiary/aromatic N) is 1. The number of halogens is 1. The summed E-state index contributed by atoms with van der Waals surface area (Å²) in [5, 5.41) is 0. The van der Waals surface area contributed by atoms with Crippen molar-refractivity contribution in [3.8, 4) is 0 Å². The normalized spacial score (nSPS) is 17.0. The second kappa shape index (κ2) is 9.07. The molecule has 0 fully saturated rings. The van der Waals surface area contributed by atoms with E-state index in [0.29, 0.717) is 0 Å². The zero-order chi connectivity index (χ0) is 16.3. The molecular formula is C18H26ArBrNO2. The van der Waals surface area contributed by atoms with Crippen molar-refractivity contribution in [2.45, 2.75) is 65.0 Å². The van der Waals surface area contributed by atoms with Gasteiger partial charge in [0.25, 0.3) is 0 Å². The van der Waals surface area contributed by atoms with Gasteiger partial charge < -0.3 is 9.64 Å². The molecule has 1 aromatic carbocycles. The van der Waals surface area contributed by atoms with Gasteiger partial charge in [0.1, 0.15) is 5.60 Å². The maximum Gasteiger partial charge on any atom is 0.410 e. The van der Waals surface area contributed by atoms with E-state index in [-0.39, 0.29) is 49.9 Å². The summed E-state index contributed by atoms with van der Waals surface area (Å²) in [6.45, 7) is 8.62. The number of benzene rings is 1. The number of hydrogen-bond acceptors (Lipinski definition) is 2. The third-order valence-corrected chi connectivity index (χ3v) is 4.40. The monoisotopic (exact) mass is 407 g/mol. The molecule has 0 unspecified atom stereocenters. The minimum atomic E-state index is -0.444. The Morgan fingerprint density at radius 1 is 1.35 bits per heavy atom. The van der Waals surface area contributed by atoms with Crippen LogP contribution in [0, 0.1) is 37.7 Å². The number of aryl methyl sites for hydroxylation is 1. The Morgan fingerprint density at radius 3 is 2.65 bits per heavy atom. The van der Waals surface area contributed by atoms with Gasteiger partial charge in [0, 0.05) is 54.8 Å². The van der Waals surface area contributed by atoms with E-state index in [4.69, 9.17) is 4.74 Å². The largest absolute Gasteiger partial charge is 0.444 e. The van der Waals surface area contributed by atoms with Crippen LogP contribution in [-0.2, 0) is 17.6 Å². The number of carbonyl (C=O) groups is 1. The molecule has 1 atom stereocenters. The van der Waals surface area contributed by atoms with Gasteiger partial charge in [-0.05, 0) is 69.7 Å². The zero-order valence-corrected chi connectivity index (χ0v) is 16.6. The van der Waals surface area contributed by atoms with Gasteiger partial charge in [-0.1, -0.05) is 28.9 Å². The van der Waals surface area contributed by atoms with Crippen molar-refractivity contribution in [3.05, 3.63) is 33.8 Å². The topological polar surface area (TPSA) is 29.5 Å². The van der Waals surface area contributed by atoms with E-state index in [1.54, 1.807) is 0 Å². The molecule has 3 nitrogen and oxygen atoms in total. The van der Waals surface area contributed by atoms with Crippen LogP contribution in [-0.4, -0.2) is 29.2 Å². The van der Waals surface area contributed by atoms with Crippen molar-refractivity contribution in [2.24, 2.45) is 0 Å². The minimum Gasteiger partial charge on any atom is -0.444 e. The summed E-state index contributed by atoms with van der Waals surface area (Å²) in [7, 11) is 0. The van der Waals surface area contributed by atoms with E-state index < -0.39 is 5.60 Å². The molecule has 1 aliphatic rings. The van der Waals surface area contributed by atoms with E-state index in [2.05, 4.69) is 41.1 Å². The molecule has 0 saturated carbocycles. The molecule has 0 bridgehead atoms. The molecule has 2 rings (SSSR count). The Bertz CT molecular complexity index is 542. The summed E-state index contributed by atoms with van der Waals surface area (Å²) in [5.41, 5.74) is 2.30. The Hall–Kier alpha value is 0.230. The average molecular weight is 408 g/mol. The van der Waals surface area contributed by atoms with Crippen molar-refractivity contribution in [1.82, 2.24) is 4.90 Å². The molecular weight excluding hydrogens is 382 g/mol. The second-order valence-corrected chi connectivity index (χ2v) is 7.90. The van der Waals surface area contributed by atoms with Gasteiger partial charge in [0.05, 0.1) is 0 Å². The zero-order valence-electron chi connectivity index (χ0n) is 14.3.